The third kappa shape index (κ3) is 4.57. The molecule has 3 aromatic heterocycles. The average Bonchev–Trinajstić information content (AvgIpc) is 3.90. The molecule has 3 heteroatoms. The summed E-state index contributed by atoms with van der Waals surface area (Å²) in [6.45, 7) is 0. The van der Waals surface area contributed by atoms with Gasteiger partial charge in [0.2, 0.25) is 0 Å². The van der Waals surface area contributed by atoms with Gasteiger partial charge in [0.15, 0.2) is 0 Å². The zero-order chi connectivity index (χ0) is 36.0. The molecule has 12 aromatic rings. The predicted molar refractivity (Wildman–Crippen MR) is 231 cm³/mol. The number of para-hydroxylation sites is 4. The Bertz CT molecular complexity index is 3490. The van der Waals surface area contributed by atoms with Crippen LogP contribution in [0.15, 0.2) is 199 Å². The maximum atomic E-state index is 6.24. The van der Waals surface area contributed by atoms with E-state index in [4.69, 9.17) is 4.42 Å². The van der Waals surface area contributed by atoms with Crippen LogP contribution in [-0.2, 0) is 0 Å². The number of benzene rings is 9. The van der Waals surface area contributed by atoms with E-state index in [1.807, 2.05) is 12.1 Å². The van der Waals surface area contributed by atoms with Crippen molar-refractivity contribution >= 4 is 76.3 Å². The molecule has 0 unspecified atom stereocenters. The zero-order valence-corrected chi connectivity index (χ0v) is 29.8. The molecule has 0 atom stereocenters. The van der Waals surface area contributed by atoms with Crippen LogP contribution in [0.25, 0.3) is 110 Å². The smallest absolute Gasteiger partial charge is 0.136 e. The second-order valence-corrected chi connectivity index (χ2v) is 14.6. The average molecular weight is 701 g/mol. The molecule has 3 nitrogen and oxygen atoms in total. The van der Waals surface area contributed by atoms with Gasteiger partial charge in [0.1, 0.15) is 11.2 Å². The van der Waals surface area contributed by atoms with Gasteiger partial charge in [0.25, 0.3) is 0 Å². The SMILES string of the molecule is c1ccc(-n2c3ccccc3c3cc(-c4ccc5c(c4)c4ccccc4n5-c4ccc5ccc(-c6ccc7c(c6)oc6ccccc67)cc5c4)ccc32)cc1. The van der Waals surface area contributed by atoms with Gasteiger partial charge in [-0.2, -0.15) is 0 Å². The van der Waals surface area contributed by atoms with E-state index in [2.05, 4.69) is 191 Å². The highest BCUT2D eigenvalue weighted by Crippen LogP contribution is 2.39. The maximum absolute atomic E-state index is 6.24. The van der Waals surface area contributed by atoms with E-state index in [0.29, 0.717) is 0 Å². The highest BCUT2D eigenvalue weighted by atomic mass is 16.3. The number of nitrogens with zero attached hydrogens (tertiary/aromatic N) is 2. The van der Waals surface area contributed by atoms with Crippen molar-refractivity contribution < 1.29 is 4.42 Å². The fourth-order valence-electron chi connectivity index (χ4n) is 8.90. The Morgan fingerprint density at radius 3 is 1.51 bits per heavy atom. The van der Waals surface area contributed by atoms with Crippen LogP contribution in [-0.4, -0.2) is 9.13 Å². The lowest BCUT2D eigenvalue weighted by molar-refractivity contribution is 0.669. The van der Waals surface area contributed by atoms with E-state index in [1.54, 1.807) is 0 Å². The Morgan fingerprint density at radius 1 is 0.273 bits per heavy atom. The van der Waals surface area contributed by atoms with E-state index in [-0.39, 0.29) is 0 Å². The van der Waals surface area contributed by atoms with Crippen LogP contribution in [0.2, 0.25) is 0 Å². The van der Waals surface area contributed by atoms with E-state index >= 15 is 0 Å². The summed E-state index contributed by atoms with van der Waals surface area (Å²) in [4.78, 5) is 0. The molecule has 0 N–H and O–H groups in total. The quantitative estimate of drug-likeness (QED) is 0.179. The third-order valence-corrected chi connectivity index (χ3v) is 11.5. The lowest BCUT2D eigenvalue weighted by Crippen LogP contribution is -1.94. The van der Waals surface area contributed by atoms with Gasteiger partial charge < -0.3 is 13.6 Å². The normalized spacial score (nSPS) is 12.0. The van der Waals surface area contributed by atoms with Gasteiger partial charge in [-0.15, -0.1) is 0 Å². The highest BCUT2D eigenvalue weighted by Gasteiger charge is 2.17. The number of hydrogen-bond donors (Lipinski definition) is 0. The molecule has 256 valence electrons. The maximum Gasteiger partial charge on any atom is 0.136 e. The molecule has 9 aromatic carbocycles. The summed E-state index contributed by atoms with van der Waals surface area (Å²) in [6.07, 6.45) is 0. The Hall–Kier alpha value is -7.36. The first-order chi connectivity index (χ1) is 27.2. The largest absolute Gasteiger partial charge is 0.456 e. The molecule has 12 rings (SSSR count). The summed E-state index contributed by atoms with van der Waals surface area (Å²) < 4.78 is 11.0. The lowest BCUT2D eigenvalue weighted by Gasteiger charge is -2.11. The fourth-order valence-corrected chi connectivity index (χ4v) is 8.90. The van der Waals surface area contributed by atoms with Gasteiger partial charge in [-0.05, 0) is 118 Å². The number of furan rings is 1. The fraction of sp³-hybridized carbons (Fsp3) is 0. The minimum atomic E-state index is 0.913. The summed E-state index contributed by atoms with van der Waals surface area (Å²) in [7, 11) is 0. The first kappa shape index (κ1) is 30.1. The van der Waals surface area contributed by atoms with Crippen molar-refractivity contribution in [3.05, 3.63) is 194 Å². The Balaban J connectivity index is 0.980. The molecule has 0 spiro atoms. The Morgan fingerprint density at radius 2 is 0.782 bits per heavy atom. The topological polar surface area (TPSA) is 23.0 Å². The van der Waals surface area contributed by atoms with Crippen LogP contribution < -0.4 is 0 Å². The third-order valence-electron chi connectivity index (χ3n) is 11.5. The van der Waals surface area contributed by atoms with Crippen molar-refractivity contribution in [2.75, 3.05) is 0 Å². The van der Waals surface area contributed by atoms with Crippen LogP contribution in [0.4, 0.5) is 0 Å². The van der Waals surface area contributed by atoms with Crippen LogP contribution in [0.5, 0.6) is 0 Å². The monoisotopic (exact) mass is 700 g/mol. The molecule has 0 aliphatic heterocycles. The second kappa shape index (κ2) is 11.6. The summed E-state index contributed by atoms with van der Waals surface area (Å²) in [6, 6.07) is 70.4. The Labute approximate surface area is 316 Å². The molecule has 55 heavy (non-hydrogen) atoms. The Kier molecular flexibility index (Phi) is 6.34. The molecule has 0 bridgehead atoms. The summed E-state index contributed by atoms with van der Waals surface area (Å²) in [5.41, 5.74) is 13.7. The van der Waals surface area contributed by atoms with Gasteiger partial charge in [0, 0.05) is 43.7 Å². The molecular formula is C52H32N2O. The van der Waals surface area contributed by atoms with Gasteiger partial charge in [-0.3, -0.25) is 0 Å². The van der Waals surface area contributed by atoms with E-state index in [1.165, 1.54) is 76.8 Å². The summed E-state index contributed by atoms with van der Waals surface area (Å²) in [5, 5.41) is 9.71. The lowest BCUT2D eigenvalue weighted by atomic mass is 9.99. The van der Waals surface area contributed by atoms with Crippen LogP contribution in [0.3, 0.4) is 0 Å². The number of rotatable bonds is 4. The van der Waals surface area contributed by atoms with E-state index in [9.17, 15) is 0 Å². The van der Waals surface area contributed by atoms with Gasteiger partial charge >= 0.3 is 0 Å². The summed E-state index contributed by atoms with van der Waals surface area (Å²) >= 11 is 0. The predicted octanol–water partition coefficient (Wildman–Crippen LogP) is 14.3. The second-order valence-electron chi connectivity index (χ2n) is 14.6. The van der Waals surface area contributed by atoms with Crippen LogP contribution in [0, 0.1) is 0 Å². The first-order valence-electron chi connectivity index (χ1n) is 18.8. The zero-order valence-electron chi connectivity index (χ0n) is 29.8. The molecule has 0 fully saturated rings. The van der Waals surface area contributed by atoms with Crippen LogP contribution >= 0.6 is 0 Å². The van der Waals surface area contributed by atoms with Crippen molar-refractivity contribution in [3.8, 4) is 33.6 Å². The first-order valence-corrected chi connectivity index (χ1v) is 18.8. The highest BCUT2D eigenvalue weighted by molar-refractivity contribution is 6.13. The molecule has 0 aliphatic rings. The van der Waals surface area contributed by atoms with Gasteiger partial charge in [-0.25, -0.2) is 0 Å². The minimum Gasteiger partial charge on any atom is -0.456 e. The molecule has 0 aliphatic carbocycles. The van der Waals surface area contributed by atoms with Crippen molar-refractivity contribution in [2.24, 2.45) is 0 Å². The van der Waals surface area contributed by atoms with Crippen molar-refractivity contribution in [3.63, 3.8) is 0 Å². The molecule has 0 amide bonds. The van der Waals surface area contributed by atoms with Gasteiger partial charge in [-0.1, -0.05) is 109 Å². The van der Waals surface area contributed by atoms with Crippen molar-refractivity contribution in [2.45, 2.75) is 0 Å². The van der Waals surface area contributed by atoms with Crippen LogP contribution in [0.1, 0.15) is 0 Å². The molecule has 0 radical (unpaired) electrons. The molecular weight excluding hydrogens is 669 g/mol. The summed E-state index contributed by atoms with van der Waals surface area (Å²) in [5.74, 6) is 0. The molecule has 0 saturated carbocycles. The van der Waals surface area contributed by atoms with Gasteiger partial charge in [0.05, 0.1) is 22.1 Å². The van der Waals surface area contributed by atoms with E-state index in [0.717, 1.165) is 33.2 Å². The van der Waals surface area contributed by atoms with Crippen molar-refractivity contribution in [1.29, 1.82) is 0 Å². The number of fused-ring (bicyclic) bond motifs is 10. The molecule has 0 saturated heterocycles. The standard InChI is InChI=1S/C52H32N2O/c1-2-10-39(11-3-1)53-47-15-7-4-12-41(47)45-30-35(22-26-49(45)53)36-23-27-50-46(31-36)42-13-5-8-16-48(42)54(50)40-24-20-33-18-19-34(28-38(33)29-40)37-21-25-44-43-14-6-9-17-51(43)55-52(44)32-37/h1-32H. The number of hydrogen-bond acceptors (Lipinski definition) is 1. The van der Waals surface area contributed by atoms with E-state index < -0.39 is 0 Å². The minimum absolute atomic E-state index is 0.913. The van der Waals surface area contributed by atoms with Crippen molar-refractivity contribution in [1.82, 2.24) is 9.13 Å². The molecule has 3 heterocycles. The number of aromatic nitrogens is 2.